The van der Waals surface area contributed by atoms with E-state index < -0.39 is 12.0 Å². The van der Waals surface area contributed by atoms with Crippen molar-refractivity contribution in [2.24, 2.45) is 0 Å². The van der Waals surface area contributed by atoms with Crippen LogP contribution in [0.3, 0.4) is 0 Å². The number of alkyl halides is 3. The van der Waals surface area contributed by atoms with Crippen LogP contribution in [0.5, 0.6) is 5.75 Å². The average molecular weight is 507 g/mol. The Morgan fingerprint density at radius 3 is 2.47 bits per heavy atom. The van der Waals surface area contributed by atoms with Gasteiger partial charge in [-0.15, -0.1) is 24.5 Å². The van der Waals surface area contributed by atoms with Crippen molar-refractivity contribution in [3.8, 4) is 17.0 Å². The molecule has 2 aromatic rings. The number of benzene rings is 1. The van der Waals surface area contributed by atoms with Crippen molar-refractivity contribution >= 4 is 33.4 Å². The molecule has 0 N–H and O–H groups in total. The summed E-state index contributed by atoms with van der Waals surface area (Å²) in [5, 5.41) is 2.74. The Kier molecular flexibility index (Phi) is 6.66. The maximum Gasteiger partial charge on any atom is 0.573 e. The SMILES string of the molecule is CC(C)(C)OC(=O)N1CCC(c2nc(-c3cc(Br)cc(OC(F)(F)F)c3)cs2)CC1. The smallest absolute Gasteiger partial charge is 0.444 e. The van der Waals surface area contributed by atoms with E-state index in [4.69, 9.17) is 4.74 Å². The first-order valence-electron chi connectivity index (χ1n) is 9.40. The predicted molar refractivity (Wildman–Crippen MR) is 112 cm³/mol. The molecule has 0 atom stereocenters. The van der Waals surface area contributed by atoms with Crippen molar-refractivity contribution in [3.05, 3.63) is 33.1 Å². The zero-order valence-electron chi connectivity index (χ0n) is 16.8. The molecule has 0 aliphatic carbocycles. The Hall–Kier alpha value is -1.81. The molecule has 0 spiro atoms. The molecule has 1 fully saturated rings. The fraction of sp³-hybridized carbons (Fsp3) is 0.500. The quantitative estimate of drug-likeness (QED) is 0.471. The van der Waals surface area contributed by atoms with Crippen LogP contribution in [0.2, 0.25) is 0 Å². The summed E-state index contributed by atoms with van der Waals surface area (Å²) in [4.78, 5) is 18.5. The molecule has 2 heterocycles. The molecule has 1 aromatic carbocycles. The highest BCUT2D eigenvalue weighted by molar-refractivity contribution is 9.10. The Morgan fingerprint density at radius 2 is 1.87 bits per heavy atom. The molecule has 5 nitrogen and oxygen atoms in total. The van der Waals surface area contributed by atoms with Crippen molar-refractivity contribution in [2.75, 3.05) is 13.1 Å². The summed E-state index contributed by atoms with van der Waals surface area (Å²) in [7, 11) is 0. The second-order valence-electron chi connectivity index (χ2n) is 8.04. The number of hydrogen-bond donors (Lipinski definition) is 0. The molecule has 3 rings (SSSR count). The summed E-state index contributed by atoms with van der Waals surface area (Å²) < 4.78 is 47.6. The molecule has 10 heteroatoms. The normalized spacial score (nSPS) is 15.9. The van der Waals surface area contributed by atoms with Gasteiger partial charge in [-0.2, -0.15) is 0 Å². The van der Waals surface area contributed by atoms with E-state index in [1.54, 1.807) is 11.0 Å². The number of hydrogen-bond acceptors (Lipinski definition) is 5. The van der Waals surface area contributed by atoms with Crippen LogP contribution in [0.25, 0.3) is 11.3 Å². The number of carbonyl (C=O) groups is 1. The number of piperidine rings is 1. The summed E-state index contributed by atoms with van der Waals surface area (Å²) in [6, 6.07) is 4.28. The molecular weight excluding hydrogens is 485 g/mol. The largest absolute Gasteiger partial charge is 0.573 e. The van der Waals surface area contributed by atoms with E-state index in [-0.39, 0.29) is 17.8 Å². The second kappa shape index (κ2) is 8.74. The van der Waals surface area contributed by atoms with E-state index in [1.165, 1.54) is 23.5 Å². The highest BCUT2D eigenvalue weighted by Gasteiger charge is 2.32. The highest BCUT2D eigenvalue weighted by atomic mass is 79.9. The van der Waals surface area contributed by atoms with Crippen LogP contribution in [0.1, 0.15) is 44.5 Å². The van der Waals surface area contributed by atoms with Crippen molar-refractivity contribution < 1.29 is 27.4 Å². The number of ether oxygens (including phenoxy) is 2. The minimum Gasteiger partial charge on any atom is -0.444 e. The number of rotatable bonds is 3. The fourth-order valence-electron chi connectivity index (χ4n) is 3.15. The first-order chi connectivity index (χ1) is 13.9. The average Bonchev–Trinajstić information content (AvgIpc) is 3.08. The number of nitrogens with zero attached hydrogens (tertiary/aromatic N) is 2. The first-order valence-corrected chi connectivity index (χ1v) is 11.1. The van der Waals surface area contributed by atoms with E-state index in [9.17, 15) is 18.0 Å². The van der Waals surface area contributed by atoms with Gasteiger partial charge in [0.15, 0.2) is 0 Å². The van der Waals surface area contributed by atoms with Crippen molar-refractivity contribution in [3.63, 3.8) is 0 Å². The number of likely N-dealkylation sites (tertiary alicyclic amines) is 1. The van der Waals surface area contributed by atoms with Crippen LogP contribution in [0, 0.1) is 0 Å². The summed E-state index contributed by atoms with van der Waals surface area (Å²) in [6.45, 7) is 6.66. The minimum atomic E-state index is -4.76. The lowest BCUT2D eigenvalue weighted by Gasteiger charge is -2.32. The third-order valence-corrected chi connectivity index (χ3v) is 5.88. The monoisotopic (exact) mass is 506 g/mol. The molecule has 0 radical (unpaired) electrons. The van der Waals surface area contributed by atoms with Crippen molar-refractivity contribution in [1.29, 1.82) is 0 Å². The molecule has 1 saturated heterocycles. The van der Waals surface area contributed by atoms with Crippen molar-refractivity contribution in [2.45, 2.75) is 51.5 Å². The molecular formula is C20H22BrF3N2O3S. The number of amides is 1. The third-order valence-electron chi connectivity index (χ3n) is 4.42. The van der Waals surface area contributed by atoms with Gasteiger partial charge in [0.1, 0.15) is 11.4 Å². The second-order valence-corrected chi connectivity index (χ2v) is 9.84. The Morgan fingerprint density at radius 1 is 1.20 bits per heavy atom. The maximum atomic E-state index is 12.5. The van der Waals surface area contributed by atoms with Crippen LogP contribution in [0.4, 0.5) is 18.0 Å². The third kappa shape index (κ3) is 6.34. The molecule has 0 unspecified atom stereocenters. The number of thiazole rings is 1. The summed E-state index contributed by atoms with van der Waals surface area (Å²) in [6.07, 6.45) is -3.56. The van der Waals surface area contributed by atoms with Crippen LogP contribution in [0.15, 0.2) is 28.1 Å². The zero-order chi connectivity index (χ0) is 22.1. The van der Waals surface area contributed by atoms with Crippen molar-refractivity contribution in [1.82, 2.24) is 9.88 Å². The molecule has 1 aliphatic rings. The Balaban J connectivity index is 1.67. The Bertz CT molecular complexity index is 903. The standard InChI is InChI=1S/C20H22BrF3N2O3S/c1-19(2,3)29-18(27)26-6-4-12(5-7-26)17-25-16(11-30-17)13-8-14(21)10-15(9-13)28-20(22,23)24/h8-12H,4-7H2,1-3H3. The highest BCUT2D eigenvalue weighted by Crippen LogP contribution is 2.36. The van der Waals surface area contributed by atoms with Crippen LogP contribution < -0.4 is 4.74 Å². The van der Waals surface area contributed by atoms with Gasteiger partial charge in [0.2, 0.25) is 0 Å². The van der Waals surface area contributed by atoms with Gasteiger partial charge in [0.25, 0.3) is 0 Å². The molecule has 0 saturated carbocycles. The molecule has 30 heavy (non-hydrogen) atoms. The van der Waals surface area contributed by atoms with Crippen LogP contribution in [-0.2, 0) is 4.74 Å². The molecule has 1 aliphatic heterocycles. The van der Waals surface area contributed by atoms with E-state index in [1.807, 2.05) is 26.2 Å². The van der Waals surface area contributed by atoms with Gasteiger partial charge in [-0.1, -0.05) is 15.9 Å². The van der Waals surface area contributed by atoms with E-state index in [0.29, 0.717) is 28.8 Å². The van der Waals surface area contributed by atoms with Gasteiger partial charge in [-0.25, -0.2) is 9.78 Å². The lowest BCUT2D eigenvalue weighted by Crippen LogP contribution is -2.41. The fourth-order valence-corrected chi connectivity index (χ4v) is 4.62. The van der Waals surface area contributed by atoms with Gasteiger partial charge < -0.3 is 14.4 Å². The predicted octanol–water partition coefficient (Wildman–Crippen LogP) is 6.59. The van der Waals surface area contributed by atoms with E-state index >= 15 is 0 Å². The molecule has 1 aromatic heterocycles. The summed E-state index contributed by atoms with van der Waals surface area (Å²) in [5.41, 5.74) is 0.603. The van der Waals surface area contributed by atoms with Gasteiger partial charge in [0.05, 0.1) is 10.7 Å². The topological polar surface area (TPSA) is 51.7 Å². The van der Waals surface area contributed by atoms with Gasteiger partial charge in [0, 0.05) is 34.4 Å². The van der Waals surface area contributed by atoms with Gasteiger partial charge in [-0.05, 0) is 51.8 Å². The number of carbonyl (C=O) groups excluding carboxylic acids is 1. The zero-order valence-corrected chi connectivity index (χ0v) is 19.2. The Labute approximate surface area is 185 Å². The van der Waals surface area contributed by atoms with Gasteiger partial charge in [-0.3, -0.25) is 0 Å². The van der Waals surface area contributed by atoms with Gasteiger partial charge >= 0.3 is 12.5 Å². The number of halogens is 4. The lowest BCUT2D eigenvalue weighted by atomic mass is 9.98. The van der Waals surface area contributed by atoms with E-state index in [2.05, 4.69) is 25.7 Å². The summed E-state index contributed by atoms with van der Waals surface area (Å²) in [5.74, 6) is -0.104. The summed E-state index contributed by atoms with van der Waals surface area (Å²) >= 11 is 4.69. The first kappa shape index (κ1) is 22.9. The van der Waals surface area contributed by atoms with Crippen LogP contribution >= 0.6 is 27.3 Å². The van der Waals surface area contributed by atoms with Crippen LogP contribution in [-0.4, -0.2) is 41.0 Å². The molecule has 0 bridgehead atoms. The van der Waals surface area contributed by atoms with E-state index in [0.717, 1.165) is 17.8 Å². The molecule has 1 amide bonds. The molecule has 164 valence electrons. The number of aromatic nitrogens is 1. The maximum absolute atomic E-state index is 12.5. The lowest BCUT2D eigenvalue weighted by molar-refractivity contribution is -0.274. The minimum absolute atomic E-state index is 0.195.